The summed E-state index contributed by atoms with van der Waals surface area (Å²) in [6.07, 6.45) is 9.36. The predicted molar refractivity (Wildman–Crippen MR) is 77.4 cm³/mol. The summed E-state index contributed by atoms with van der Waals surface area (Å²) in [5.74, 6) is 1.66. The summed E-state index contributed by atoms with van der Waals surface area (Å²) in [6.45, 7) is 3.15. The van der Waals surface area contributed by atoms with Crippen LogP contribution in [0.25, 0.3) is 11.3 Å². The van der Waals surface area contributed by atoms with Gasteiger partial charge in [0.15, 0.2) is 11.7 Å². The zero-order chi connectivity index (χ0) is 13.9. The summed E-state index contributed by atoms with van der Waals surface area (Å²) in [4.78, 5) is 4.38. The van der Waals surface area contributed by atoms with E-state index < -0.39 is 0 Å². The second kappa shape index (κ2) is 5.79. The quantitative estimate of drug-likeness (QED) is 0.787. The van der Waals surface area contributed by atoms with Crippen LogP contribution in [0, 0.1) is 0 Å². The first-order valence-electron chi connectivity index (χ1n) is 7.47. The first kappa shape index (κ1) is 13.4. The molecule has 5 nitrogen and oxygen atoms in total. The Morgan fingerprint density at radius 3 is 3.05 bits per heavy atom. The Morgan fingerprint density at radius 1 is 1.45 bits per heavy atom. The SMILES string of the molecule is CCc1nn(C)cc1-c1cnc(CCCNC2CC2)o1. The van der Waals surface area contributed by atoms with Crippen LogP contribution in [0.4, 0.5) is 0 Å². The fourth-order valence-electron chi connectivity index (χ4n) is 2.39. The molecule has 108 valence electrons. The highest BCUT2D eigenvalue weighted by Gasteiger charge is 2.19. The summed E-state index contributed by atoms with van der Waals surface area (Å²) >= 11 is 0. The average molecular weight is 274 g/mol. The minimum Gasteiger partial charge on any atom is -0.441 e. The largest absolute Gasteiger partial charge is 0.441 e. The summed E-state index contributed by atoms with van der Waals surface area (Å²) < 4.78 is 7.69. The van der Waals surface area contributed by atoms with E-state index in [1.54, 1.807) is 0 Å². The van der Waals surface area contributed by atoms with E-state index in [-0.39, 0.29) is 0 Å². The molecule has 0 bridgehead atoms. The first-order chi connectivity index (χ1) is 9.76. The van der Waals surface area contributed by atoms with Gasteiger partial charge in [0, 0.05) is 25.7 Å². The van der Waals surface area contributed by atoms with Gasteiger partial charge < -0.3 is 9.73 Å². The number of aryl methyl sites for hydroxylation is 3. The van der Waals surface area contributed by atoms with Crippen LogP contribution in [0.2, 0.25) is 0 Å². The van der Waals surface area contributed by atoms with Gasteiger partial charge in [-0.3, -0.25) is 4.68 Å². The molecule has 20 heavy (non-hydrogen) atoms. The van der Waals surface area contributed by atoms with E-state index in [2.05, 4.69) is 22.3 Å². The first-order valence-corrected chi connectivity index (χ1v) is 7.47. The molecule has 2 aromatic rings. The minimum absolute atomic E-state index is 0.776. The Morgan fingerprint density at radius 2 is 2.30 bits per heavy atom. The van der Waals surface area contributed by atoms with Crippen molar-refractivity contribution in [1.29, 1.82) is 0 Å². The third kappa shape index (κ3) is 3.10. The van der Waals surface area contributed by atoms with Crippen molar-refractivity contribution >= 4 is 0 Å². The lowest BCUT2D eigenvalue weighted by Gasteiger charge is -1.99. The van der Waals surface area contributed by atoms with Crippen molar-refractivity contribution in [3.05, 3.63) is 24.0 Å². The number of rotatable bonds is 7. The van der Waals surface area contributed by atoms with Crippen molar-refractivity contribution in [1.82, 2.24) is 20.1 Å². The van der Waals surface area contributed by atoms with Crippen LogP contribution in [0.5, 0.6) is 0 Å². The number of aromatic nitrogens is 3. The van der Waals surface area contributed by atoms with Gasteiger partial charge in [-0.15, -0.1) is 0 Å². The maximum absolute atomic E-state index is 5.86. The van der Waals surface area contributed by atoms with E-state index in [0.29, 0.717) is 0 Å². The summed E-state index contributed by atoms with van der Waals surface area (Å²) in [5.41, 5.74) is 2.12. The van der Waals surface area contributed by atoms with Gasteiger partial charge in [0.05, 0.1) is 17.5 Å². The molecule has 5 heteroatoms. The molecule has 0 radical (unpaired) electrons. The van der Waals surface area contributed by atoms with Crippen LogP contribution >= 0.6 is 0 Å². The van der Waals surface area contributed by atoms with Gasteiger partial charge in [0.25, 0.3) is 0 Å². The van der Waals surface area contributed by atoms with Gasteiger partial charge in [-0.1, -0.05) is 6.92 Å². The highest BCUT2D eigenvalue weighted by Crippen LogP contribution is 2.24. The van der Waals surface area contributed by atoms with Gasteiger partial charge >= 0.3 is 0 Å². The normalized spacial score (nSPS) is 14.9. The van der Waals surface area contributed by atoms with Crippen LogP contribution in [-0.4, -0.2) is 27.4 Å². The molecule has 0 unspecified atom stereocenters. The van der Waals surface area contributed by atoms with E-state index in [9.17, 15) is 0 Å². The van der Waals surface area contributed by atoms with Crippen LogP contribution < -0.4 is 5.32 Å². The molecule has 0 saturated heterocycles. The molecular formula is C15H22N4O. The third-order valence-corrected chi connectivity index (χ3v) is 3.64. The molecular weight excluding hydrogens is 252 g/mol. The Bertz CT molecular complexity index is 568. The van der Waals surface area contributed by atoms with Crippen LogP contribution in [0.1, 0.15) is 37.8 Å². The molecule has 0 atom stereocenters. The average Bonchev–Trinajstić information content (AvgIpc) is 3.01. The van der Waals surface area contributed by atoms with Gasteiger partial charge in [0.2, 0.25) is 0 Å². The lowest BCUT2D eigenvalue weighted by Crippen LogP contribution is -2.17. The zero-order valence-corrected chi connectivity index (χ0v) is 12.2. The van der Waals surface area contributed by atoms with Gasteiger partial charge in [0.1, 0.15) is 0 Å². The van der Waals surface area contributed by atoms with E-state index in [0.717, 1.165) is 54.8 Å². The summed E-state index contributed by atoms with van der Waals surface area (Å²) in [6, 6.07) is 0.776. The molecule has 1 saturated carbocycles. The molecule has 0 spiro atoms. The third-order valence-electron chi connectivity index (χ3n) is 3.64. The van der Waals surface area contributed by atoms with Gasteiger partial charge in [-0.05, 0) is 32.2 Å². The van der Waals surface area contributed by atoms with Crippen LogP contribution in [0.3, 0.4) is 0 Å². The van der Waals surface area contributed by atoms with E-state index >= 15 is 0 Å². The fourth-order valence-corrected chi connectivity index (χ4v) is 2.39. The van der Waals surface area contributed by atoms with Crippen molar-refractivity contribution in [3.8, 4) is 11.3 Å². The maximum Gasteiger partial charge on any atom is 0.194 e. The second-order valence-electron chi connectivity index (χ2n) is 5.47. The van der Waals surface area contributed by atoms with Gasteiger partial charge in [-0.25, -0.2) is 4.98 Å². The molecule has 1 aliphatic carbocycles. The topological polar surface area (TPSA) is 55.9 Å². The molecule has 1 aliphatic rings. The molecule has 0 amide bonds. The van der Waals surface area contributed by atoms with Crippen molar-refractivity contribution in [2.75, 3.05) is 6.54 Å². The molecule has 2 aromatic heterocycles. The Kier molecular flexibility index (Phi) is 3.87. The van der Waals surface area contributed by atoms with Crippen LogP contribution in [0.15, 0.2) is 16.8 Å². The monoisotopic (exact) mass is 274 g/mol. The molecule has 1 N–H and O–H groups in total. The maximum atomic E-state index is 5.86. The van der Waals surface area contributed by atoms with Gasteiger partial charge in [-0.2, -0.15) is 5.10 Å². The number of nitrogens with zero attached hydrogens (tertiary/aromatic N) is 3. The van der Waals surface area contributed by atoms with Crippen molar-refractivity contribution in [2.24, 2.45) is 7.05 Å². The Hall–Kier alpha value is -1.62. The number of hydrogen-bond acceptors (Lipinski definition) is 4. The highest BCUT2D eigenvalue weighted by atomic mass is 16.4. The van der Waals surface area contributed by atoms with Crippen molar-refractivity contribution in [2.45, 2.75) is 45.1 Å². The number of nitrogens with one attached hydrogen (secondary N) is 1. The Labute approximate surface area is 119 Å². The second-order valence-corrected chi connectivity index (χ2v) is 5.47. The predicted octanol–water partition coefficient (Wildman–Crippen LogP) is 2.32. The zero-order valence-electron chi connectivity index (χ0n) is 12.2. The van der Waals surface area contributed by atoms with E-state index in [1.807, 2.05) is 24.1 Å². The summed E-state index contributed by atoms with van der Waals surface area (Å²) in [7, 11) is 1.93. The van der Waals surface area contributed by atoms with Crippen molar-refractivity contribution in [3.63, 3.8) is 0 Å². The van der Waals surface area contributed by atoms with Crippen molar-refractivity contribution < 1.29 is 4.42 Å². The fraction of sp³-hybridized carbons (Fsp3) is 0.600. The molecule has 2 heterocycles. The Balaban J connectivity index is 1.60. The standard InChI is InChI=1S/C15H22N4O/c1-3-13-12(10-19(2)18-13)14-9-17-15(20-14)5-4-8-16-11-6-7-11/h9-11,16H,3-8H2,1-2H3. The van der Waals surface area contributed by atoms with E-state index in [1.165, 1.54) is 12.8 Å². The van der Waals surface area contributed by atoms with Crippen LogP contribution in [-0.2, 0) is 19.9 Å². The number of hydrogen-bond donors (Lipinski definition) is 1. The smallest absolute Gasteiger partial charge is 0.194 e. The molecule has 0 aromatic carbocycles. The number of oxazole rings is 1. The minimum atomic E-state index is 0.776. The lowest BCUT2D eigenvalue weighted by atomic mass is 10.2. The highest BCUT2D eigenvalue weighted by molar-refractivity contribution is 5.58. The van der Waals surface area contributed by atoms with E-state index in [4.69, 9.17) is 4.42 Å². The molecule has 3 rings (SSSR count). The molecule has 0 aliphatic heterocycles. The lowest BCUT2D eigenvalue weighted by molar-refractivity contribution is 0.491. The summed E-state index contributed by atoms with van der Waals surface area (Å²) in [5, 5.41) is 7.94. The molecule has 1 fully saturated rings.